The molecule has 2 rings (SSSR count). The van der Waals surface area contributed by atoms with Gasteiger partial charge in [-0.1, -0.05) is 0 Å². The Hall–Kier alpha value is -1.62. The number of benzene rings is 1. The number of halogens is 1. The van der Waals surface area contributed by atoms with Crippen molar-refractivity contribution in [2.45, 2.75) is 25.4 Å². The van der Waals surface area contributed by atoms with Gasteiger partial charge in [-0.3, -0.25) is 4.79 Å². The van der Waals surface area contributed by atoms with E-state index in [1.54, 1.807) is 12.1 Å². The molecule has 1 amide bonds. The van der Waals surface area contributed by atoms with Gasteiger partial charge in [0.2, 0.25) is 5.91 Å². The number of amides is 1. The second kappa shape index (κ2) is 6.02. The fourth-order valence-corrected chi connectivity index (χ4v) is 2.43. The summed E-state index contributed by atoms with van der Waals surface area (Å²) in [5, 5.41) is 6.03. The van der Waals surface area contributed by atoms with Crippen molar-refractivity contribution in [2.24, 2.45) is 0 Å². The zero-order valence-corrected chi connectivity index (χ0v) is 11.3. The molecule has 5 heteroatoms. The molecule has 1 aromatic rings. The first kappa shape index (κ1) is 13.8. The minimum atomic E-state index is -0.259. The van der Waals surface area contributed by atoms with Crippen molar-refractivity contribution >= 4 is 11.6 Å². The molecule has 0 spiro atoms. The Morgan fingerprint density at radius 2 is 2.11 bits per heavy atom. The van der Waals surface area contributed by atoms with Crippen LogP contribution < -0.4 is 15.5 Å². The molecule has 0 aliphatic carbocycles. The van der Waals surface area contributed by atoms with Crippen LogP contribution in [0.4, 0.5) is 10.1 Å². The van der Waals surface area contributed by atoms with E-state index < -0.39 is 0 Å². The van der Waals surface area contributed by atoms with E-state index in [9.17, 15) is 9.18 Å². The number of carbonyl (C=O) groups is 1. The fourth-order valence-electron chi connectivity index (χ4n) is 2.43. The molecule has 1 aromatic carbocycles. The molecule has 2 atom stereocenters. The normalized spacial score (nSPS) is 23.3. The maximum absolute atomic E-state index is 13.0. The molecule has 1 heterocycles. The van der Waals surface area contributed by atoms with E-state index in [1.165, 1.54) is 12.1 Å². The average Bonchev–Trinajstić information content (AvgIpc) is 2.38. The average molecular weight is 265 g/mol. The van der Waals surface area contributed by atoms with Gasteiger partial charge >= 0.3 is 0 Å². The lowest BCUT2D eigenvalue weighted by Crippen LogP contribution is -2.59. The highest BCUT2D eigenvalue weighted by Gasteiger charge is 2.32. The van der Waals surface area contributed by atoms with Crippen molar-refractivity contribution in [1.82, 2.24) is 10.6 Å². The van der Waals surface area contributed by atoms with Gasteiger partial charge in [0, 0.05) is 18.3 Å². The topological polar surface area (TPSA) is 44.4 Å². The second-order valence-corrected chi connectivity index (χ2v) is 4.95. The summed E-state index contributed by atoms with van der Waals surface area (Å²) in [6.07, 6.45) is 0.729. The van der Waals surface area contributed by atoms with Gasteiger partial charge in [-0.2, -0.15) is 0 Å². The van der Waals surface area contributed by atoms with E-state index in [2.05, 4.69) is 15.5 Å². The first-order valence-electron chi connectivity index (χ1n) is 6.59. The number of piperazine rings is 1. The molecule has 0 aromatic heterocycles. The van der Waals surface area contributed by atoms with Crippen LogP contribution in [0.15, 0.2) is 24.3 Å². The van der Waals surface area contributed by atoms with Crippen LogP contribution in [-0.2, 0) is 4.79 Å². The third kappa shape index (κ3) is 3.23. The largest absolute Gasteiger partial charge is 0.357 e. The highest BCUT2D eigenvalue weighted by Crippen LogP contribution is 2.22. The molecule has 2 unspecified atom stereocenters. The van der Waals surface area contributed by atoms with Gasteiger partial charge in [-0.05, 0) is 51.2 Å². The van der Waals surface area contributed by atoms with Crippen molar-refractivity contribution in [3.63, 3.8) is 0 Å². The van der Waals surface area contributed by atoms with Crippen molar-refractivity contribution in [3.8, 4) is 0 Å². The minimum absolute atomic E-state index is 0.0401. The molecule has 0 bridgehead atoms. The molecular formula is C14H20FN3O. The van der Waals surface area contributed by atoms with Crippen LogP contribution >= 0.6 is 0 Å². The summed E-state index contributed by atoms with van der Waals surface area (Å²) in [5.74, 6) is -0.219. The summed E-state index contributed by atoms with van der Waals surface area (Å²) in [6, 6.07) is 6.22. The summed E-state index contributed by atoms with van der Waals surface area (Å²) >= 11 is 0. The summed E-state index contributed by atoms with van der Waals surface area (Å²) in [5.41, 5.74) is 0.893. The molecule has 1 saturated heterocycles. The Bertz CT molecular complexity index is 435. The Morgan fingerprint density at radius 3 is 2.74 bits per heavy atom. The van der Waals surface area contributed by atoms with Gasteiger partial charge in [0.05, 0.1) is 0 Å². The maximum atomic E-state index is 13.0. The second-order valence-electron chi connectivity index (χ2n) is 4.95. The van der Waals surface area contributed by atoms with Gasteiger partial charge in [-0.25, -0.2) is 4.39 Å². The number of carbonyl (C=O) groups excluding carboxylic acids is 1. The molecule has 19 heavy (non-hydrogen) atoms. The maximum Gasteiger partial charge on any atom is 0.243 e. The smallest absolute Gasteiger partial charge is 0.243 e. The van der Waals surface area contributed by atoms with E-state index in [-0.39, 0.29) is 23.8 Å². The summed E-state index contributed by atoms with van der Waals surface area (Å²) in [6.45, 7) is 3.48. The predicted octanol–water partition coefficient (Wildman–Crippen LogP) is 1.13. The van der Waals surface area contributed by atoms with Gasteiger partial charge in [0.1, 0.15) is 11.9 Å². The SMILES string of the molecule is CNCCC1C(=O)NC(C)CN1c1ccc(F)cc1. The predicted molar refractivity (Wildman–Crippen MR) is 73.7 cm³/mol. The number of hydrogen-bond donors (Lipinski definition) is 2. The van der Waals surface area contributed by atoms with Crippen LogP contribution in [-0.4, -0.2) is 38.1 Å². The van der Waals surface area contributed by atoms with E-state index in [1.807, 2.05) is 14.0 Å². The third-order valence-electron chi connectivity index (χ3n) is 3.36. The van der Waals surface area contributed by atoms with E-state index in [4.69, 9.17) is 0 Å². The first-order valence-corrected chi connectivity index (χ1v) is 6.59. The Kier molecular flexibility index (Phi) is 4.37. The fraction of sp³-hybridized carbons (Fsp3) is 0.500. The van der Waals surface area contributed by atoms with Crippen LogP contribution in [0.25, 0.3) is 0 Å². The van der Waals surface area contributed by atoms with Gasteiger partial charge < -0.3 is 15.5 Å². The molecule has 2 N–H and O–H groups in total. The van der Waals surface area contributed by atoms with E-state index >= 15 is 0 Å². The molecule has 4 nitrogen and oxygen atoms in total. The molecule has 1 aliphatic heterocycles. The molecule has 1 fully saturated rings. The van der Waals surface area contributed by atoms with E-state index in [0.29, 0.717) is 0 Å². The Morgan fingerprint density at radius 1 is 1.42 bits per heavy atom. The number of nitrogens with zero attached hydrogens (tertiary/aromatic N) is 1. The lowest BCUT2D eigenvalue weighted by atomic mass is 10.0. The molecule has 104 valence electrons. The third-order valence-corrected chi connectivity index (χ3v) is 3.36. The van der Waals surface area contributed by atoms with Crippen molar-refractivity contribution < 1.29 is 9.18 Å². The molecular weight excluding hydrogens is 245 g/mol. The Balaban J connectivity index is 2.21. The summed E-state index contributed by atoms with van der Waals surface area (Å²) in [7, 11) is 1.87. The lowest BCUT2D eigenvalue weighted by Gasteiger charge is -2.40. The quantitative estimate of drug-likeness (QED) is 0.858. The number of hydrogen-bond acceptors (Lipinski definition) is 3. The van der Waals surface area contributed by atoms with Crippen LogP contribution in [0.3, 0.4) is 0 Å². The van der Waals surface area contributed by atoms with Gasteiger partial charge in [0.25, 0.3) is 0 Å². The zero-order valence-electron chi connectivity index (χ0n) is 11.3. The summed E-state index contributed by atoms with van der Waals surface area (Å²) in [4.78, 5) is 14.2. The molecule has 1 aliphatic rings. The van der Waals surface area contributed by atoms with Crippen LogP contribution in [0.5, 0.6) is 0 Å². The van der Waals surface area contributed by atoms with Crippen molar-refractivity contribution in [2.75, 3.05) is 25.0 Å². The lowest BCUT2D eigenvalue weighted by molar-refractivity contribution is -0.124. The summed E-state index contributed by atoms with van der Waals surface area (Å²) < 4.78 is 13.0. The van der Waals surface area contributed by atoms with E-state index in [0.717, 1.165) is 25.2 Å². The standard InChI is InChI=1S/C14H20FN3O/c1-10-9-18(12-5-3-11(15)4-6-12)13(7-8-16-2)14(19)17-10/h3-6,10,13,16H,7-9H2,1-2H3,(H,17,19). The molecule has 0 saturated carbocycles. The van der Waals surface area contributed by atoms with Gasteiger partial charge in [-0.15, -0.1) is 0 Å². The highest BCUT2D eigenvalue weighted by molar-refractivity contribution is 5.87. The van der Waals surface area contributed by atoms with Crippen molar-refractivity contribution in [3.05, 3.63) is 30.1 Å². The van der Waals surface area contributed by atoms with Crippen LogP contribution in [0.1, 0.15) is 13.3 Å². The number of nitrogens with one attached hydrogen (secondary N) is 2. The number of rotatable bonds is 4. The number of anilines is 1. The van der Waals surface area contributed by atoms with Crippen LogP contribution in [0, 0.1) is 5.82 Å². The highest BCUT2D eigenvalue weighted by atomic mass is 19.1. The molecule has 0 radical (unpaired) electrons. The zero-order chi connectivity index (χ0) is 13.8. The minimum Gasteiger partial charge on any atom is -0.357 e. The first-order chi connectivity index (χ1) is 9.11. The monoisotopic (exact) mass is 265 g/mol. The van der Waals surface area contributed by atoms with Crippen LogP contribution in [0.2, 0.25) is 0 Å². The van der Waals surface area contributed by atoms with Gasteiger partial charge in [0.15, 0.2) is 0 Å². The van der Waals surface area contributed by atoms with Crippen molar-refractivity contribution in [1.29, 1.82) is 0 Å². The Labute approximate surface area is 113 Å².